The molecule has 29 heavy (non-hydrogen) atoms. The Balaban J connectivity index is 1.67. The molecule has 1 N–H and O–H groups in total. The molecule has 0 aliphatic heterocycles. The van der Waals surface area contributed by atoms with Crippen molar-refractivity contribution < 1.29 is 19.0 Å². The molecule has 0 aromatic heterocycles. The van der Waals surface area contributed by atoms with Gasteiger partial charge in [0, 0.05) is 11.1 Å². The Kier molecular flexibility index (Phi) is 6.74. The smallest absolute Gasteiger partial charge is 0.258 e. The third kappa shape index (κ3) is 5.08. The monoisotopic (exact) mass is 391 g/mol. The van der Waals surface area contributed by atoms with Crippen LogP contribution < -0.4 is 19.5 Å². The minimum Gasteiger partial charge on any atom is -0.497 e. The van der Waals surface area contributed by atoms with E-state index in [0.717, 1.165) is 16.7 Å². The summed E-state index contributed by atoms with van der Waals surface area (Å²) in [5, 5.41) is 2.95. The Morgan fingerprint density at radius 1 is 0.897 bits per heavy atom. The summed E-state index contributed by atoms with van der Waals surface area (Å²) in [6, 6.07) is 22.9. The highest BCUT2D eigenvalue weighted by Crippen LogP contribution is 2.30. The number of amides is 1. The fourth-order valence-corrected chi connectivity index (χ4v) is 3.13. The standard InChI is InChI=1S/C24H25NO4/c1-17(21-15-19(27-2)13-14-22(21)28-3)25-24(26)16-29-23-12-8-7-11-20(23)18-9-5-4-6-10-18/h4-15,17H,16H2,1-3H3,(H,25,26). The molecule has 5 nitrogen and oxygen atoms in total. The van der Waals surface area contributed by atoms with Crippen LogP contribution in [0.4, 0.5) is 0 Å². The first-order valence-electron chi connectivity index (χ1n) is 9.41. The van der Waals surface area contributed by atoms with Crippen LogP contribution in [0.2, 0.25) is 0 Å². The van der Waals surface area contributed by atoms with E-state index in [-0.39, 0.29) is 18.6 Å². The van der Waals surface area contributed by atoms with Gasteiger partial charge < -0.3 is 19.5 Å². The van der Waals surface area contributed by atoms with E-state index in [1.165, 1.54) is 0 Å². The van der Waals surface area contributed by atoms with Gasteiger partial charge in [0.15, 0.2) is 6.61 Å². The summed E-state index contributed by atoms with van der Waals surface area (Å²) in [5.41, 5.74) is 2.83. The highest BCUT2D eigenvalue weighted by Gasteiger charge is 2.16. The first-order valence-corrected chi connectivity index (χ1v) is 9.41. The van der Waals surface area contributed by atoms with Gasteiger partial charge in [0.25, 0.3) is 5.91 Å². The molecule has 0 aliphatic carbocycles. The highest BCUT2D eigenvalue weighted by molar-refractivity contribution is 5.79. The summed E-state index contributed by atoms with van der Waals surface area (Å²) >= 11 is 0. The minimum absolute atomic E-state index is 0.0829. The summed E-state index contributed by atoms with van der Waals surface area (Å²) < 4.78 is 16.5. The van der Waals surface area contributed by atoms with E-state index < -0.39 is 0 Å². The molecule has 0 fully saturated rings. The van der Waals surface area contributed by atoms with Crippen molar-refractivity contribution in [2.24, 2.45) is 0 Å². The predicted molar refractivity (Wildman–Crippen MR) is 113 cm³/mol. The maximum Gasteiger partial charge on any atom is 0.258 e. The molecule has 0 saturated carbocycles. The van der Waals surface area contributed by atoms with Crippen molar-refractivity contribution in [2.75, 3.05) is 20.8 Å². The van der Waals surface area contributed by atoms with Crippen LogP contribution in [0.25, 0.3) is 11.1 Å². The van der Waals surface area contributed by atoms with Gasteiger partial charge in [0.05, 0.1) is 20.3 Å². The quantitative estimate of drug-likeness (QED) is 0.608. The third-order valence-corrected chi connectivity index (χ3v) is 4.61. The van der Waals surface area contributed by atoms with E-state index >= 15 is 0 Å². The maximum atomic E-state index is 12.5. The molecular formula is C24H25NO4. The molecule has 5 heteroatoms. The number of para-hydroxylation sites is 1. The molecule has 0 saturated heterocycles. The van der Waals surface area contributed by atoms with Gasteiger partial charge in [0.2, 0.25) is 0 Å². The van der Waals surface area contributed by atoms with E-state index in [1.807, 2.05) is 79.7 Å². The summed E-state index contributed by atoms with van der Waals surface area (Å²) in [4.78, 5) is 12.5. The van der Waals surface area contributed by atoms with E-state index in [1.54, 1.807) is 14.2 Å². The number of ether oxygens (including phenoxy) is 3. The average molecular weight is 391 g/mol. The molecular weight excluding hydrogens is 366 g/mol. The molecule has 0 bridgehead atoms. The number of carbonyl (C=O) groups is 1. The van der Waals surface area contributed by atoms with E-state index in [0.29, 0.717) is 17.2 Å². The highest BCUT2D eigenvalue weighted by atomic mass is 16.5. The van der Waals surface area contributed by atoms with Gasteiger partial charge in [-0.25, -0.2) is 0 Å². The van der Waals surface area contributed by atoms with Gasteiger partial charge in [-0.15, -0.1) is 0 Å². The van der Waals surface area contributed by atoms with Gasteiger partial charge in [-0.05, 0) is 36.8 Å². The zero-order valence-corrected chi connectivity index (χ0v) is 16.8. The summed E-state index contributed by atoms with van der Waals surface area (Å²) in [6.45, 7) is 1.81. The summed E-state index contributed by atoms with van der Waals surface area (Å²) in [6.07, 6.45) is 0. The number of carbonyl (C=O) groups excluding carboxylic acids is 1. The topological polar surface area (TPSA) is 56.8 Å². The van der Waals surface area contributed by atoms with Crippen LogP contribution in [0.15, 0.2) is 72.8 Å². The van der Waals surface area contributed by atoms with Gasteiger partial charge in [0.1, 0.15) is 17.2 Å². The van der Waals surface area contributed by atoms with Crippen LogP contribution in [0.5, 0.6) is 17.2 Å². The van der Waals surface area contributed by atoms with Crippen LogP contribution in [-0.4, -0.2) is 26.7 Å². The van der Waals surface area contributed by atoms with Gasteiger partial charge >= 0.3 is 0 Å². The number of hydrogen-bond donors (Lipinski definition) is 1. The molecule has 1 unspecified atom stereocenters. The molecule has 0 radical (unpaired) electrons. The lowest BCUT2D eigenvalue weighted by atomic mass is 10.1. The molecule has 0 heterocycles. The second-order valence-electron chi connectivity index (χ2n) is 6.55. The molecule has 0 aliphatic rings. The Bertz CT molecular complexity index is 956. The van der Waals surface area contributed by atoms with Crippen LogP contribution in [-0.2, 0) is 4.79 Å². The Morgan fingerprint density at radius 3 is 2.34 bits per heavy atom. The second kappa shape index (κ2) is 9.64. The van der Waals surface area contributed by atoms with Crippen LogP contribution >= 0.6 is 0 Å². The van der Waals surface area contributed by atoms with Crippen LogP contribution in [0.3, 0.4) is 0 Å². The number of methoxy groups -OCH3 is 2. The molecule has 150 valence electrons. The lowest BCUT2D eigenvalue weighted by molar-refractivity contribution is -0.123. The second-order valence-corrected chi connectivity index (χ2v) is 6.55. The van der Waals surface area contributed by atoms with Crippen molar-refractivity contribution >= 4 is 5.91 Å². The molecule has 3 aromatic carbocycles. The van der Waals surface area contributed by atoms with E-state index in [2.05, 4.69) is 5.32 Å². The van der Waals surface area contributed by atoms with Crippen molar-refractivity contribution in [3.63, 3.8) is 0 Å². The first-order chi connectivity index (χ1) is 14.1. The lowest BCUT2D eigenvalue weighted by Gasteiger charge is -2.19. The fraction of sp³-hybridized carbons (Fsp3) is 0.208. The van der Waals surface area contributed by atoms with Crippen molar-refractivity contribution in [3.05, 3.63) is 78.4 Å². The lowest BCUT2D eigenvalue weighted by Crippen LogP contribution is -2.31. The van der Waals surface area contributed by atoms with Crippen LogP contribution in [0.1, 0.15) is 18.5 Å². The first kappa shape index (κ1) is 20.3. The van der Waals surface area contributed by atoms with Crippen molar-refractivity contribution in [1.82, 2.24) is 5.32 Å². The van der Waals surface area contributed by atoms with Crippen molar-refractivity contribution in [1.29, 1.82) is 0 Å². The average Bonchev–Trinajstić information content (AvgIpc) is 2.78. The molecule has 3 aromatic rings. The third-order valence-electron chi connectivity index (χ3n) is 4.61. The largest absolute Gasteiger partial charge is 0.497 e. The minimum atomic E-state index is -0.263. The fourth-order valence-electron chi connectivity index (χ4n) is 3.13. The maximum absolute atomic E-state index is 12.5. The Labute approximate surface area is 171 Å². The van der Waals surface area contributed by atoms with Crippen molar-refractivity contribution in [3.8, 4) is 28.4 Å². The van der Waals surface area contributed by atoms with Crippen LogP contribution in [0, 0.1) is 0 Å². The number of benzene rings is 3. The van der Waals surface area contributed by atoms with Gasteiger partial charge in [-0.3, -0.25) is 4.79 Å². The number of hydrogen-bond acceptors (Lipinski definition) is 4. The zero-order valence-electron chi connectivity index (χ0n) is 16.8. The number of nitrogens with one attached hydrogen (secondary N) is 1. The van der Waals surface area contributed by atoms with Gasteiger partial charge in [-0.1, -0.05) is 48.5 Å². The SMILES string of the molecule is COc1ccc(OC)c(C(C)NC(=O)COc2ccccc2-c2ccccc2)c1. The summed E-state index contributed by atoms with van der Waals surface area (Å²) in [5.74, 6) is 1.84. The Morgan fingerprint density at radius 2 is 1.62 bits per heavy atom. The van der Waals surface area contributed by atoms with E-state index in [9.17, 15) is 4.79 Å². The Hall–Kier alpha value is -3.47. The molecule has 0 spiro atoms. The predicted octanol–water partition coefficient (Wildman–Crippen LogP) is 4.63. The van der Waals surface area contributed by atoms with Gasteiger partial charge in [-0.2, -0.15) is 0 Å². The summed E-state index contributed by atoms with van der Waals surface area (Å²) in [7, 11) is 3.20. The number of rotatable bonds is 8. The zero-order chi connectivity index (χ0) is 20.6. The van der Waals surface area contributed by atoms with Crippen molar-refractivity contribution in [2.45, 2.75) is 13.0 Å². The normalized spacial score (nSPS) is 11.4. The molecule has 3 rings (SSSR count). The van der Waals surface area contributed by atoms with E-state index in [4.69, 9.17) is 14.2 Å². The molecule has 1 amide bonds. The molecule has 1 atom stereocenters.